The third kappa shape index (κ3) is 3.65. The largest absolute Gasteiger partial charge is 0.360 e. The van der Waals surface area contributed by atoms with Gasteiger partial charge in [-0.15, -0.1) is 0 Å². The molecule has 1 heterocycles. The van der Waals surface area contributed by atoms with Gasteiger partial charge in [-0.05, 0) is 18.2 Å². The molecule has 2 aromatic rings. The Morgan fingerprint density at radius 1 is 1.47 bits per heavy atom. The maximum atomic E-state index is 11.0. The lowest BCUT2D eigenvalue weighted by Crippen LogP contribution is -2.13. The molecule has 1 aromatic carbocycles. The number of anilines is 1. The van der Waals surface area contributed by atoms with E-state index in [0.717, 1.165) is 19.8 Å². The van der Waals surface area contributed by atoms with Crippen LogP contribution >= 0.6 is 27.3 Å². The Hall–Kier alpha value is -0.660. The van der Waals surface area contributed by atoms with Crippen molar-refractivity contribution in [2.24, 2.45) is 0 Å². The second-order valence-electron chi connectivity index (χ2n) is 3.69. The average Bonchev–Trinajstić information content (AvgIpc) is 2.57. The summed E-state index contributed by atoms with van der Waals surface area (Å²) in [5, 5.41) is 3.77. The summed E-state index contributed by atoms with van der Waals surface area (Å²) < 4.78 is 24.0. The first-order valence-electron chi connectivity index (χ1n) is 4.92. The van der Waals surface area contributed by atoms with Crippen molar-refractivity contribution in [1.82, 2.24) is 4.98 Å². The summed E-state index contributed by atoms with van der Waals surface area (Å²) in [6.45, 7) is 0.389. The molecule has 0 saturated heterocycles. The Balaban J connectivity index is 2.09. The van der Waals surface area contributed by atoms with Gasteiger partial charge in [0.25, 0.3) is 0 Å². The summed E-state index contributed by atoms with van der Waals surface area (Å²) in [4.78, 5) is 4.38. The second-order valence-corrected chi connectivity index (χ2v) is 7.89. The molecule has 1 N–H and O–H groups in total. The summed E-state index contributed by atoms with van der Waals surface area (Å²) in [6.07, 6.45) is 1.23. The van der Waals surface area contributed by atoms with Crippen molar-refractivity contribution in [3.63, 3.8) is 0 Å². The van der Waals surface area contributed by atoms with Gasteiger partial charge in [-0.1, -0.05) is 27.3 Å². The number of sulfone groups is 1. The summed E-state index contributed by atoms with van der Waals surface area (Å²) in [5.74, 6) is 0.118. The maximum absolute atomic E-state index is 11.0. The standard InChI is InChI=1S/C10H11BrN2O2S2/c1-17(14,15)5-4-12-10-13-8-6-7(11)2-3-9(8)16-10/h2-3,6H,4-5H2,1H3,(H,12,13). The molecular weight excluding hydrogens is 324 g/mol. The van der Waals surface area contributed by atoms with E-state index in [4.69, 9.17) is 0 Å². The molecule has 0 atom stereocenters. The molecule has 17 heavy (non-hydrogen) atoms. The first-order chi connectivity index (χ1) is 7.94. The maximum Gasteiger partial charge on any atom is 0.183 e. The second kappa shape index (κ2) is 4.91. The number of rotatable bonds is 4. The van der Waals surface area contributed by atoms with Crippen LogP contribution in [0, 0.1) is 0 Å². The van der Waals surface area contributed by atoms with E-state index in [2.05, 4.69) is 26.2 Å². The Morgan fingerprint density at radius 2 is 2.24 bits per heavy atom. The van der Waals surface area contributed by atoms with E-state index >= 15 is 0 Å². The molecule has 0 aliphatic heterocycles. The minimum atomic E-state index is -2.92. The molecule has 4 nitrogen and oxygen atoms in total. The highest BCUT2D eigenvalue weighted by Gasteiger charge is 2.05. The monoisotopic (exact) mass is 334 g/mol. The van der Waals surface area contributed by atoms with Crippen molar-refractivity contribution in [3.05, 3.63) is 22.7 Å². The van der Waals surface area contributed by atoms with Crippen LogP contribution in [0.2, 0.25) is 0 Å². The zero-order valence-electron chi connectivity index (χ0n) is 9.10. The molecule has 0 saturated carbocycles. The van der Waals surface area contributed by atoms with Gasteiger partial charge in [0, 0.05) is 17.3 Å². The summed E-state index contributed by atoms with van der Waals surface area (Å²) in [7, 11) is -2.92. The predicted octanol–water partition coefficient (Wildman–Crippen LogP) is 2.52. The molecule has 1 aromatic heterocycles. The van der Waals surface area contributed by atoms with Gasteiger partial charge in [-0.25, -0.2) is 13.4 Å². The lowest BCUT2D eigenvalue weighted by Gasteiger charge is -1.99. The number of benzene rings is 1. The van der Waals surface area contributed by atoms with Crippen LogP contribution in [-0.2, 0) is 9.84 Å². The molecule has 0 bridgehead atoms. The van der Waals surface area contributed by atoms with Gasteiger partial charge in [-0.3, -0.25) is 0 Å². The summed E-state index contributed by atoms with van der Waals surface area (Å²) >= 11 is 4.90. The van der Waals surface area contributed by atoms with Crippen LogP contribution in [0.15, 0.2) is 22.7 Å². The molecule has 92 valence electrons. The molecule has 0 amide bonds. The zero-order chi connectivity index (χ0) is 12.5. The van der Waals surface area contributed by atoms with Gasteiger partial charge < -0.3 is 5.32 Å². The normalized spacial score (nSPS) is 11.9. The van der Waals surface area contributed by atoms with E-state index in [-0.39, 0.29) is 5.75 Å². The topological polar surface area (TPSA) is 59.1 Å². The highest BCUT2D eigenvalue weighted by molar-refractivity contribution is 9.10. The van der Waals surface area contributed by atoms with Crippen LogP contribution in [0.3, 0.4) is 0 Å². The van der Waals surface area contributed by atoms with Crippen molar-refractivity contribution >= 4 is 52.5 Å². The number of fused-ring (bicyclic) bond motifs is 1. The molecular formula is C10H11BrN2O2S2. The molecule has 0 aliphatic rings. The Morgan fingerprint density at radius 3 is 2.94 bits per heavy atom. The molecule has 2 rings (SSSR count). The van der Waals surface area contributed by atoms with Gasteiger partial charge in [0.15, 0.2) is 5.13 Å². The summed E-state index contributed by atoms with van der Waals surface area (Å²) in [6, 6.07) is 5.88. The van der Waals surface area contributed by atoms with Crippen LogP contribution < -0.4 is 5.32 Å². The van der Waals surface area contributed by atoms with Crippen LogP contribution in [-0.4, -0.2) is 32.0 Å². The van der Waals surface area contributed by atoms with Gasteiger partial charge in [0.05, 0.1) is 16.0 Å². The fourth-order valence-electron chi connectivity index (χ4n) is 1.32. The van der Waals surface area contributed by atoms with Gasteiger partial charge in [-0.2, -0.15) is 0 Å². The Labute approximate surface area is 112 Å². The first-order valence-corrected chi connectivity index (χ1v) is 8.59. The van der Waals surface area contributed by atoms with E-state index in [0.29, 0.717) is 6.54 Å². The van der Waals surface area contributed by atoms with E-state index in [1.807, 2.05) is 18.2 Å². The number of hydrogen-bond donors (Lipinski definition) is 1. The van der Waals surface area contributed by atoms with Crippen molar-refractivity contribution in [2.45, 2.75) is 0 Å². The van der Waals surface area contributed by atoms with E-state index in [1.54, 1.807) is 0 Å². The fraction of sp³-hybridized carbons (Fsp3) is 0.300. The number of halogens is 1. The smallest absolute Gasteiger partial charge is 0.183 e. The molecule has 0 fully saturated rings. The molecule has 7 heteroatoms. The van der Waals surface area contributed by atoms with E-state index < -0.39 is 9.84 Å². The predicted molar refractivity (Wildman–Crippen MR) is 75.5 cm³/mol. The molecule has 0 spiro atoms. The number of aromatic nitrogens is 1. The first kappa shape index (κ1) is 12.8. The number of nitrogens with one attached hydrogen (secondary N) is 1. The van der Waals surface area contributed by atoms with Crippen LogP contribution in [0.4, 0.5) is 5.13 Å². The summed E-state index contributed by atoms with van der Waals surface area (Å²) in [5.41, 5.74) is 0.909. The third-order valence-electron chi connectivity index (χ3n) is 2.10. The molecule has 0 radical (unpaired) electrons. The number of nitrogens with zero attached hydrogens (tertiary/aromatic N) is 1. The van der Waals surface area contributed by atoms with Crippen molar-refractivity contribution in [3.8, 4) is 0 Å². The quantitative estimate of drug-likeness (QED) is 0.933. The SMILES string of the molecule is CS(=O)(=O)CCNc1nc2cc(Br)ccc2s1. The van der Waals surface area contributed by atoms with Crippen molar-refractivity contribution < 1.29 is 8.42 Å². The highest BCUT2D eigenvalue weighted by Crippen LogP contribution is 2.27. The minimum absolute atomic E-state index is 0.118. The van der Waals surface area contributed by atoms with E-state index in [1.165, 1.54) is 17.6 Å². The van der Waals surface area contributed by atoms with Crippen LogP contribution in [0.1, 0.15) is 0 Å². The average molecular weight is 335 g/mol. The van der Waals surface area contributed by atoms with Gasteiger partial charge >= 0.3 is 0 Å². The Kier molecular flexibility index (Phi) is 3.70. The zero-order valence-corrected chi connectivity index (χ0v) is 12.3. The van der Waals surface area contributed by atoms with Crippen molar-refractivity contribution in [2.75, 3.05) is 23.9 Å². The third-order valence-corrected chi connectivity index (χ3v) is 4.53. The lowest BCUT2D eigenvalue weighted by atomic mass is 10.3. The molecule has 0 aliphatic carbocycles. The van der Waals surface area contributed by atoms with E-state index in [9.17, 15) is 8.42 Å². The highest BCUT2D eigenvalue weighted by atomic mass is 79.9. The van der Waals surface area contributed by atoms with Crippen molar-refractivity contribution in [1.29, 1.82) is 0 Å². The minimum Gasteiger partial charge on any atom is -0.360 e. The Bertz CT molecular complexity index is 637. The number of hydrogen-bond acceptors (Lipinski definition) is 5. The molecule has 0 unspecified atom stereocenters. The fourth-order valence-corrected chi connectivity index (χ4v) is 3.01. The number of thiazole rings is 1. The lowest BCUT2D eigenvalue weighted by molar-refractivity contribution is 0.602. The van der Waals surface area contributed by atoms with Gasteiger partial charge in [0.2, 0.25) is 0 Å². The van der Waals surface area contributed by atoms with Gasteiger partial charge in [0.1, 0.15) is 9.84 Å². The van der Waals surface area contributed by atoms with Crippen LogP contribution in [0.25, 0.3) is 10.2 Å². The van der Waals surface area contributed by atoms with Crippen LogP contribution in [0.5, 0.6) is 0 Å².